The van der Waals surface area contributed by atoms with Crippen LogP contribution in [0.4, 0.5) is 4.39 Å². The molecular formula is C14H10BrFO3. The molecule has 98 valence electrons. The van der Waals surface area contributed by atoms with Gasteiger partial charge in [-0.15, -0.1) is 0 Å². The van der Waals surface area contributed by atoms with Crippen LogP contribution in [0, 0.1) is 12.7 Å². The lowest BCUT2D eigenvalue weighted by Crippen LogP contribution is -1.98. The van der Waals surface area contributed by atoms with E-state index in [0.29, 0.717) is 10.2 Å². The summed E-state index contributed by atoms with van der Waals surface area (Å²) in [6, 6.07) is 8.92. The van der Waals surface area contributed by atoms with Crippen LogP contribution in [0.15, 0.2) is 40.9 Å². The number of carboxylic acid groups (broad SMARTS) is 1. The molecule has 19 heavy (non-hydrogen) atoms. The van der Waals surface area contributed by atoms with E-state index in [0.717, 1.165) is 5.56 Å². The first kappa shape index (κ1) is 13.5. The van der Waals surface area contributed by atoms with Gasteiger partial charge in [0.2, 0.25) is 0 Å². The second kappa shape index (κ2) is 5.40. The topological polar surface area (TPSA) is 46.5 Å². The third-order valence-electron chi connectivity index (χ3n) is 2.49. The van der Waals surface area contributed by atoms with Gasteiger partial charge >= 0.3 is 5.97 Å². The molecule has 0 aromatic heterocycles. The number of ether oxygens (including phenoxy) is 1. The highest BCUT2D eigenvalue weighted by Gasteiger charge is 2.10. The highest BCUT2D eigenvalue weighted by Crippen LogP contribution is 2.29. The third kappa shape index (κ3) is 3.12. The lowest BCUT2D eigenvalue weighted by atomic mass is 10.2. The van der Waals surface area contributed by atoms with Gasteiger partial charge in [0, 0.05) is 4.47 Å². The first-order chi connectivity index (χ1) is 8.97. The fourth-order valence-corrected chi connectivity index (χ4v) is 2.08. The van der Waals surface area contributed by atoms with Crippen molar-refractivity contribution in [1.29, 1.82) is 0 Å². The van der Waals surface area contributed by atoms with Crippen molar-refractivity contribution in [3.63, 3.8) is 0 Å². The highest BCUT2D eigenvalue weighted by atomic mass is 79.9. The Hall–Kier alpha value is -1.88. The minimum absolute atomic E-state index is 0.106. The van der Waals surface area contributed by atoms with Crippen LogP contribution < -0.4 is 4.74 Å². The van der Waals surface area contributed by atoms with Crippen molar-refractivity contribution in [2.24, 2.45) is 0 Å². The summed E-state index contributed by atoms with van der Waals surface area (Å²) in [6.45, 7) is 1.83. The van der Waals surface area contributed by atoms with Crippen molar-refractivity contribution in [1.82, 2.24) is 0 Å². The molecule has 0 fully saturated rings. The van der Waals surface area contributed by atoms with Gasteiger partial charge in [0.05, 0.1) is 5.56 Å². The van der Waals surface area contributed by atoms with Gasteiger partial charge in [0.1, 0.15) is 5.75 Å². The van der Waals surface area contributed by atoms with E-state index in [-0.39, 0.29) is 11.3 Å². The fourth-order valence-electron chi connectivity index (χ4n) is 1.55. The maximum atomic E-state index is 13.5. The molecule has 1 N–H and O–H groups in total. The Labute approximate surface area is 117 Å². The Morgan fingerprint density at radius 2 is 2.00 bits per heavy atom. The predicted octanol–water partition coefficient (Wildman–Crippen LogP) is 4.39. The lowest BCUT2D eigenvalue weighted by molar-refractivity contribution is 0.0696. The van der Waals surface area contributed by atoms with Crippen molar-refractivity contribution >= 4 is 21.9 Å². The molecule has 0 atom stereocenters. The van der Waals surface area contributed by atoms with Crippen LogP contribution in [-0.2, 0) is 0 Å². The monoisotopic (exact) mass is 324 g/mol. The standard InChI is InChI=1S/C14H10BrFO3/c1-8-2-5-12(16)13(6-8)19-9-3-4-10(14(17)18)11(15)7-9/h2-7H,1H3,(H,17,18). The normalized spacial score (nSPS) is 10.3. The Bertz CT molecular complexity index is 641. The summed E-state index contributed by atoms with van der Waals surface area (Å²) < 4.78 is 19.3. The molecule has 3 nitrogen and oxygen atoms in total. The number of carboxylic acids is 1. The molecule has 0 saturated heterocycles. The zero-order valence-corrected chi connectivity index (χ0v) is 11.6. The number of aromatic carboxylic acids is 1. The first-order valence-electron chi connectivity index (χ1n) is 5.44. The molecule has 0 radical (unpaired) electrons. The molecule has 0 aliphatic carbocycles. The number of halogens is 2. The van der Waals surface area contributed by atoms with Gasteiger partial charge in [0.25, 0.3) is 0 Å². The fraction of sp³-hybridized carbons (Fsp3) is 0.0714. The molecule has 0 unspecified atom stereocenters. The largest absolute Gasteiger partial charge is 0.478 e. The smallest absolute Gasteiger partial charge is 0.336 e. The minimum atomic E-state index is -1.04. The van der Waals surface area contributed by atoms with E-state index in [1.807, 2.05) is 6.92 Å². The number of aryl methyl sites for hydroxylation is 1. The molecule has 0 spiro atoms. The van der Waals surface area contributed by atoms with E-state index < -0.39 is 11.8 Å². The average molecular weight is 325 g/mol. The third-order valence-corrected chi connectivity index (χ3v) is 3.14. The molecule has 0 bridgehead atoms. The van der Waals surface area contributed by atoms with Crippen molar-refractivity contribution in [2.45, 2.75) is 6.92 Å². The Kier molecular flexibility index (Phi) is 3.85. The molecule has 2 aromatic carbocycles. The van der Waals surface area contributed by atoms with Crippen LogP contribution >= 0.6 is 15.9 Å². The van der Waals surface area contributed by atoms with Gasteiger partial charge in [0.15, 0.2) is 11.6 Å². The van der Waals surface area contributed by atoms with Gasteiger partial charge in [-0.3, -0.25) is 0 Å². The molecule has 2 aromatic rings. The summed E-state index contributed by atoms with van der Waals surface area (Å²) in [7, 11) is 0. The number of carbonyl (C=O) groups is 1. The first-order valence-corrected chi connectivity index (χ1v) is 6.23. The summed E-state index contributed by atoms with van der Waals surface area (Å²) >= 11 is 3.14. The second-order valence-electron chi connectivity index (χ2n) is 3.98. The highest BCUT2D eigenvalue weighted by molar-refractivity contribution is 9.10. The van der Waals surface area contributed by atoms with E-state index >= 15 is 0 Å². The predicted molar refractivity (Wildman–Crippen MR) is 72.3 cm³/mol. The van der Waals surface area contributed by atoms with E-state index in [2.05, 4.69) is 15.9 Å². The zero-order valence-electron chi connectivity index (χ0n) is 9.98. The molecule has 2 rings (SSSR count). The van der Waals surface area contributed by atoms with Crippen LogP contribution in [-0.4, -0.2) is 11.1 Å². The minimum Gasteiger partial charge on any atom is -0.478 e. The number of hydrogen-bond acceptors (Lipinski definition) is 2. The van der Waals surface area contributed by atoms with Crippen molar-refractivity contribution in [3.8, 4) is 11.5 Å². The van der Waals surface area contributed by atoms with E-state index in [1.54, 1.807) is 12.1 Å². The van der Waals surface area contributed by atoms with Crippen molar-refractivity contribution in [3.05, 3.63) is 57.8 Å². The molecule has 0 heterocycles. The molecule has 0 aliphatic heterocycles. The molecule has 5 heteroatoms. The van der Waals surface area contributed by atoms with Crippen molar-refractivity contribution < 1.29 is 19.0 Å². The molecule has 0 saturated carbocycles. The van der Waals surface area contributed by atoms with Crippen LogP contribution in [0.1, 0.15) is 15.9 Å². The maximum absolute atomic E-state index is 13.5. The Balaban J connectivity index is 2.31. The lowest BCUT2D eigenvalue weighted by Gasteiger charge is -2.09. The van der Waals surface area contributed by atoms with Crippen LogP contribution in [0.25, 0.3) is 0 Å². The molecule has 0 aliphatic rings. The van der Waals surface area contributed by atoms with Crippen LogP contribution in [0.5, 0.6) is 11.5 Å². The van der Waals surface area contributed by atoms with E-state index in [4.69, 9.17) is 9.84 Å². The molecular weight excluding hydrogens is 315 g/mol. The summed E-state index contributed by atoms with van der Waals surface area (Å²) in [5.41, 5.74) is 0.995. The summed E-state index contributed by atoms with van der Waals surface area (Å²) in [4.78, 5) is 10.9. The summed E-state index contributed by atoms with van der Waals surface area (Å²) in [5.74, 6) is -1.04. The Morgan fingerprint density at radius 1 is 1.26 bits per heavy atom. The van der Waals surface area contributed by atoms with Crippen molar-refractivity contribution in [2.75, 3.05) is 0 Å². The number of hydrogen-bond donors (Lipinski definition) is 1. The number of benzene rings is 2. The zero-order chi connectivity index (χ0) is 14.0. The van der Waals surface area contributed by atoms with E-state index in [9.17, 15) is 9.18 Å². The quantitative estimate of drug-likeness (QED) is 0.910. The van der Waals surface area contributed by atoms with Gasteiger partial charge < -0.3 is 9.84 Å². The summed E-state index contributed by atoms with van der Waals surface area (Å²) in [6.07, 6.45) is 0. The van der Waals surface area contributed by atoms with Crippen LogP contribution in [0.2, 0.25) is 0 Å². The van der Waals surface area contributed by atoms with Gasteiger partial charge in [-0.1, -0.05) is 6.07 Å². The van der Waals surface area contributed by atoms with Gasteiger partial charge in [-0.05, 0) is 58.7 Å². The van der Waals surface area contributed by atoms with Crippen LogP contribution in [0.3, 0.4) is 0 Å². The van der Waals surface area contributed by atoms with Gasteiger partial charge in [-0.25, -0.2) is 9.18 Å². The second-order valence-corrected chi connectivity index (χ2v) is 4.84. The SMILES string of the molecule is Cc1ccc(F)c(Oc2ccc(C(=O)O)c(Br)c2)c1. The van der Waals surface area contributed by atoms with E-state index in [1.165, 1.54) is 24.3 Å². The summed E-state index contributed by atoms with van der Waals surface area (Å²) in [5, 5.41) is 8.90. The molecule has 0 amide bonds. The average Bonchev–Trinajstić information content (AvgIpc) is 2.33. The number of rotatable bonds is 3. The Morgan fingerprint density at radius 3 is 2.63 bits per heavy atom. The maximum Gasteiger partial charge on any atom is 0.336 e. The van der Waals surface area contributed by atoms with Gasteiger partial charge in [-0.2, -0.15) is 0 Å².